The van der Waals surface area contributed by atoms with Crippen molar-refractivity contribution >= 4 is 40.2 Å². The largest absolute Gasteiger partial charge is 0.492 e. The van der Waals surface area contributed by atoms with Gasteiger partial charge in [0.15, 0.2) is 0 Å². The average molecular weight is 455 g/mol. The second-order valence-corrected chi connectivity index (χ2v) is 6.11. The maximum absolute atomic E-state index is 12.4. The minimum absolute atomic E-state index is 0.0577. The van der Waals surface area contributed by atoms with Crippen molar-refractivity contribution in [2.24, 2.45) is 0 Å². The molecule has 0 radical (unpaired) electrons. The molecule has 7 heteroatoms. The van der Waals surface area contributed by atoms with Gasteiger partial charge in [-0.05, 0) is 59.9 Å². The Morgan fingerprint density at radius 2 is 1.84 bits per heavy atom. The molecule has 2 rings (SSSR count). The van der Waals surface area contributed by atoms with Crippen LogP contribution in [-0.4, -0.2) is 32.8 Å². The molecule has 0 spiro atoms. The highest BCUT2D eigenvalue weighted by Gasteiger charge is 2.29. The molecule has 1 aliphatic rings. The summed E-state index contributed by atoms with van der Waals surface area (Å²) in [7, 11) is 2.52. The number of ether oxygens (including phenoxy) is 3. The lowest BCUT2D eigenvalue weighted by molar-refractivity contribution is -0.139. The highest BCUT2D eigenvalue weighted by Crippen LogP contribution is 2.35. The van der Waals surface area contributed by atoms with Gasteiger partial charge in [0.1, 0.15) is 11.4 Å². The molecule has 0 aromatic heterocycles. The number of esters is 2. The van der Waals surface area contributed by atoms with Gasteiger partial charge in [-0.1, -0.05) is 6.08 Å². The first-order valence-corrected chi connectivity index (χ1v) is 8.58. The van der Waals surface area contributed by atoms with Gasteiger partial charge < -0.3 is 19.1 Å². The van der Waals surface area contributed by atoms with Crippen molar-refractivity contribution in [3.8, 4) is 5.75 Å². The highest BCUT2D eigenvalue weighted by molar-refractivity contribution is 14.1. The fraction of sp³-hybridized carbons (Fsp3) is 0.222. The molecule has 0 unspecified atom stereocenters. The van der Waals surface area contributed by atoms with Crippen molar-refractivity contribution < 1.29 is 23.8 Å². The quantitative estimate of drug-likeness (QED) is 0.502. The molecule has 0 fully saturated rings. The predicted octanol–water partition coefficient (Wildman–Crippen LogP) is 3.18. The van der Waals surface area contributed by atoms with Gasteiger partial charge in [0.25, 0.3) is 0 Å². The molecule has 0 bridgehead atoms. The molecule has 0 aliphatic carbocycles. The molecule has 1 aliphatic heterocycles. The Hall–Kier alpha value is -2.29. The second-order valence-electron chi connectivity index (χ2n) is 4.86. The Morgan fingerprint density at radius 3 is 2.48 bits per heavy atom. The molecular formula is C18H18INO5. The number of carbonyl (C=O) groups excluding carboxylic acids is 2. The normalized spacial score (nSPS) is 13.5. The third kappa shape index (κ3) is 4.22. The first kappa shape index (κ1) is 19.0. The van der Waals surface area contributed by atoms with Crippen LogP contribution in [0.4, 0.5) is 5.69 Å². The van der Waals surface area contributed by atoms with Crippen LogP contribution < -0.4 is 9.64 Å². The minimum Gasteiger partial charge on any atom is -0.492 e. The highest BCUT2D eigenvalue weighted by atomic mass is 127. The van der Waals surface area contributed by atoms with E-state index >= 15 is 0 Å². The van der Waals surface area contributed by atoms with Gasteiger partial charge in [0.2, 0.25) is 0 Å². The van der Waals surface area contributed by atoms with E-state index in [1.54, 1.807) is 23.3 Å². The minimum atomic E-state index is -0.655. The molecule has 0 amide bonds. The SMILES string of the molecule is CCOc1ccc(I)cc1N1C=CC=CC(C(=O)OC)=C1C(=O)OC. The van der Waals surface area contributed by atoms with Gasteiger partial charge in [-0.25, -0.2) is 9.59 Å². The summed E-state index contributed by atoms with van der Waals surface area (Å²) in [5, 5.41) is 0. The van der Waals surface area contributed by atoms with Gasteiger partial charge in [0, 0.05) is 9.77 Å². The Labute approximate surface area is 159 Å². The summed E-state index contributed by atoms with van der Waals surface area (Å²) in [6.45, 7) is 2.34. The van der Waals surface area contributed by atoms with Gasteiger partial charge in [-0.3, -0.25) is 0 Å². The summed E-state index contributed by atoms with van der Waals surface area (Å²) >= 11 is 2.17. The monoisotopic (exact) mass is 455 g/mol. The molecule has 0 N–H and O–H groups in total. The number of hydrogen-bond acceptors (Lipinski definition) is 6. The fourth-order valence-corrected chi connectivity index (χ4v) is 2.78. The van der Waals surface area contributed by atoms with Crippen molar-refractivity contribution in [1.82, 2.24) is 0 Å². The van der Waals surface area contributed by atoms with Crippen LogP contribution in [0.2, 0.25) is 0 Å². The molecule has 25 heavy (non-hydrogen) atoms. The third-order valence-electron chi connectivity index (χ3n) is 3.37. The zero-order valence-electron chi connectivity index (χ0n) is 14.1. The van der Waals surface area contributed by atoms with E-state index in [1.165, 1.54) is 20.3 Å². The predicted molar refractivity (Wildman–Crippen MR) is 102 cm³/mol. The molecule has 1 aromatic carbocycles. The zero-order valence-corrected chi connectivity index (χ0v) is 16.3. The molecule has 132 valence electrons. The van der Waals surface area contributed by atoms with Crippen LogP contribution in [0.15, 0.2) is 53.9 Å². The molecule has 0 saturated heterocycles. The summed E-state index contributed by atoms with van der Waals surface area (Å²) in [6.07, 6.45) is 6.56. The van der Waals surface area contributed by atoms with E-state index in [0.29, 0.717) is 18.0 Å². The lowest BCUT2D eigenvalue weighted by Gasteiger charge is -2.25. The number of rotatable bonds is 5. The molecule has 0 saturated carbocycles. The number of anilines is 1. The van der Waals surface area contributed by atoms with Crippen molar-refractivity contribution in [2.45, 2.75) is 6.92 Å². The molecule has 1 heterocycles. The molecule has 0 atom stereocenters. The van der Waals surface area contributed by atoms with E-state index in [1.807, 2.05) is 25.1 Å². The first-order chi connectivity index (χ1) is 12.0. The number of halogens is 1. The summed E-state index contributed by atoms with van der Waals surface area (Å²) in [5.74, 6) is -0.702. The summed E-state index contributed by atoms with van der Waals surface area (Å²) in [6, 6.07) is 5.58. The number of nitrogens with zero attached hydrogens (tertiary/aromatic N) is 1. The van der Waals surface area contributed by atoms with E-state index in [4.69, 9.17) is 14.2 Å². The van der Waals surface area contributed by atoms with E-state index in [0.717, 1.165) is 3.57 Å². The Morgan fingerprint density at radius 1 is 1.12 bits per heavy atom. The topological polar surface area (TPSA) is 65.1 Å². The Balaban J connectivity index is 2.71. The first-order valence-electron chi connectivity index (χ1n) is 7.50. The van der Waals surface area contributed by atoms with Crippen molar-refractivity contribution in [3.05, 3.63) is 57.5 Å². The van der Waals surface area contributed by atoms with E-state index in [9.17, 15) is 9.59 Å². The van der Waals surface area contributed by atoms with Crippen molar-refractivity contribution in [1.29, 1.82) is 0 Å². The van der Waals surface area contributed by atoms with Crippen LogP contribution in [-0.2, 0) is 19.1 Å². The number of benzene rings is 1. The standard InChI is InChI=1S/C18H18INO5/c1-4-25-15-9-8-12(19)11-14(15)20-10-6-5-7-13(17(21)23-2)16(20)18(22)24-3/h5-11H,4H2,1-3H3. The maximum atomic E-state index is 12.4. The lowest BCUT2D eigenvalue weighted by Crippen LogP contribution is -2.27. The number of hydrogen-bond donors (Lipinski definition) is 0. The molecular weight excluding hydrogens is 437 g/mol. The van der Waals surface area contributed by atoms with Gasteiger partial charge in [-0.2, -0.15) is 0 Å². The van der Waals surface area contributed by atoms with Crippen LogP contribution >= 0.6 is 22.6 Å². The number of methoxy groups -OCH3 is 2. The molecule has 6 nitrogen and oxygen atoms in total. The van der Waals surface area contributed by atoms with E-state index in [-0.39, 0.29) is 11.3 Å². The van der Waals surface area contributed by atoms with Gasteiger partial charge in [-0.15, -0.1) is 0 Å². The van der Waals surface area contributed by atoms with E-state index in [2.05, 4.69) is 22.6 Å². The summed E-state index contributed by atoms with van der Waals surface area (Å²) in [4.78, 5) is 26.2. The lowest BCUT2D eigenvalue weighted by atomic mass is 10.1. The van der Waals surface area contributed by atoms with Crippen molar-refractivity contribution in [2.75, 3.05) is 25.7 Å². The van der Waals surface area contributed by atoms with Crippen LogP contribution in [0.5, 0.6) is 5.75 Å². The smallest absolute Gasteiger partial charge is 0.355 e. The molecule has 1 aromatic rings. The fourth-order valence-electron chi connectivity index (χ4n) is 2.31. The Kier molecular flexibility index (Phi) is 6.63. The number of allylic oxidation sites excluding steroid dienone is 2. The second kappa shape index (κ2) is 8.70. The number of carbonyl (C=O) groups is 2. The Bertz CT molecular complexity index is 767. The van der Waals surface area contributed by atoms with Crippen LogP contribution in [0.25, 0.3) is 0 Å². The van der Waals surface area contributed by atoms with Gasteiger partial charge >= 0.3 is 11.9 Å². The van der Waals surface area contributed by atoms with Crippen molar-refractivity contribution in [3.63, 3.8) is 0 Å². The van der Waals surface area contributed by atoms with Crippen LogP contribution in [0.3, 0.4) is 0 Å². The van der Waals surface area contributed by atoms with Crippen LogP contribution in [0, 0.1) is 3.57 Å². The summed E-state index contributed by atoms with van der Waals surface area (Å²) in [5.41, 5.74) is 0.776. The summed E-state index contributed by atoms with van der Waals surface area (Å²) < 4.78 is 16.3. The zero-order chi connectivity index (χ0) is 18.4. The van der Waals surface area contributed by atoms with Gasteiger partial charge in [0.05, 0.1) is 32.1 Å². The maximum Gasteiger partial charge on any atom is 0.355 e. The van der Waals surface area contributed by atoms with Crippen LogP contribution in [0.1, 0.15) is 6.92 Å². The van der Waals surface area contributed by atoms with E-state index < -0.39 is 11.9 Å². The average Bonchev–Trinajstić information content (AvgIpc) is 2.84. The third-order valence-corrected chi connectivity index (χ3v) is 4.04.